The van der Waals surface area contributed by atoms with Crippen LogP contribution >= 0.6 is 0 Å². The Labute approximate surface area is 164 Å². The molecule has 1 aromatic heterocycles. The van der Waals surface area contributed by atoms with Crippen molar-refractivity contribution >= 4 is 5.97 Å². The van der Waals surface area contributed by atoms with Gasteiger partial charge in [0.2, 0.25) is 0 Å². The number of hydrogen-bond acceptors (Lipinski definition) is 5. The van der Waals surface area contributed by atoms with E-state index in [9.17, 15) is 9.90 Å². The number of rotatable bonds is 9. The Kier molecular flexibility index (Phi) is 6.45. The molecule has 2 aromatic carbocycles. The average molecular weight is 380 g/mol. The summed E-state index contributed by atoms with van der Waals surface area (Å²) in [5, 5.41) is 16.5. The summed E-state index contributed by atoms with van der Waals surface area (Å²) in [6, 6.07) is 16.6. The summed E-state index contributed by atoms with van der Waals surface area (Å²) in [4.78, 5) is 11.5. The summed E-state index contributed by atoms with van der Waals surface area (Å²) in [5.74, 6) is 0.641. The van der Waals surface area contributed by atoms with E-state index >= 15 is 0 Å². The van der Waals surface area contributed by atoms with E-state index in [1.54, 1.807) is 0 Å². The second-order valence-corrected chi connectivity index (χ2v) is 6.70. The molecule has 0 bridgehead atoms. The summed E-state index contributed by atoms with van der Waals surface area (Å²) < 4.78 is 10.9. The van der Waals surface area contributed by atoms with Crippen molar-refractivity contribution in [2.75, 3.05) is 0 Å². The fourth-order valence-corrected chi connectivity index (χ4v) is 2.90. The minimum absolute atomic E-state index is 0.400. The highest BCUT2D eigenvalue weighted by molar-refractivity contribution is 5.73. The topological polar surface area (TPSA) is 84.6 Å². The molecule has 0 aliphatic heterocycles. The third kappa shape index (κ3) is 5.20. The average Bonchev–Trinajstić information content (AvgIpc) is 3.02. The molecule has 0 radical (unpaired) electrons. The van der Waals surface area contributed by atoms with Crippen LogP contribution in [0.25, 0.3) is 0 Å². The van der Waals surface area contributed by atoms with Crippen LogP contribution in [0.1, 0.15) is 28.1 Å². The van der Waals surface area contributed by atoms with E-state index in [0.717, 1.165) is 33.9 Å². The van der Waals surface area contributed by atoms with Crippen LogP contribution in [0, 0.1) is 13.8 Å². The number of ether oxygens (including phenoxy) is 1. The Balaban J connectivity index is 1.53. The van der Waals surface area contributed by atoms with Crippen molar-refractivity contribution in [3.8, 4) is 5.75 Å². The molecule has 0 saturated heterocycles. The number of aliphatic carboxylic acids is 1. The van der Waals surface area contributed by atoms with Crippen molar-refractivity contribution in [3.63, 3.8) is 0 Å². The molecule has 6 heteroatoms. The van der Waals surface area contributed by atoms with Gasteiger partial charge < -0.3 is 19.7 Å². The molecule has 0 saturated carbocycles. The van der Waals surface area contributed by atoms with Gasteiger partial charge in [-0.2, -0.15) is 0 Å². The first kappa shape index (κ1) is 19.6. The number of carboxylic acid groups (broad SMARTS) is 1. The van der Waals surface area contributed by atoms with Gasteiger partial charge in [-0.15, -0.1) is 0 Å². The number of carbonyl (C=O) groups is 1. The van der Waals surface area contributed by atoms with Crippen LogP contribution in [0.4, 0.5) is 0 Å². The normalized spacial score (nSPS) is 11.9. The largest absolute Gasteiger partial charge is 0.489 e. The fourth-order valence-electron chi connectivity index (χ4n) is 2.90. The number of hydrogen-bond donors (Lipinski definition) is 2. The van der Waals surface area contributed by atoms with Gasteiger partial charge in [0.05, 0.1) is 11.3 Å². The highest BCUT2D eigenvalue weighted by atomic mass is 16.5. The van der Waals surface area contributed by atoms with Gasteiger partial charge in [-0.05, 0) is 43.5 Å². The Morgan fingerprint density at radius 3 is 2.43 bits per heavy atom. The summed E-state index contributed by atoms with van der Waals surface area (Å²) in [6.07, 6.45) is 0.439. The van der Waals surface area contributed by atoms with E-state index in [4.69, 9.17) is 9.26 Å². The Morgan fingerprint density at radius 2 is 1.82 bits per heavy atom. The van der Waals surface area contributed by atoms with Crippen molar-refractivity contribution in [2.45, 2.75) is 39.5 Å². The minimum Gasteiger partial charge on any atom is -0.489 e. The van der Waals surface area contributed by atoms with Gasteiger partial charge >= 0.3 is 5.97 Å². The lowest BCUT2D eigenvalue weighted by molar-refractivity contribution is -0.139. The molecule has 28 heavy (non-hydrogen) atoms. The molecule has 1 atom stereocenters. The molecular weight excluding hydrogens is 356 g/mol. The first-order valence-corrected chi connectivity index (χ1v) is 9.16. The maximum Gasteiger partial charge on any atom is 0.321 e. The number of benzene rings is 2. The van der Waals surface area contributed by atoms with Gasteiger partial charge in [-0.1, -0.05) is 47.6 Å². The second-order valence-electron chi connectivity index (χ2n) is 6.70. The SMILES string of the molecule is Cc1noc(C)c1COc1ccc(CN[C@H](Cc2ccccc2)C(=O)O)cc1. The maximum atomic E-state index is 11.5. The van der Waals surface area contributed by atoms with Gasteiger partial charge in [-0.3, -0.25) is 4.79 Å². The smallest absolute Gasteiger partial charge is 0.321 e. The summed E-state index contributed by atoms with van der Waals surface area (Å²) >= 11 is 0. The third-order valence-electron chi connectivity index (χ3n) is 4.62. The third-order valence-corrected chi connectivity index (χ3v) is 4.62. The summed E-state index contributed by atoms with van der Waals surface area (Å²) in [6.45, 7) is 4.62. The van der Waals surface area contributed by atoms with Crippen LogP contribution in [-0.4, -0.2) is 22.3 Å². The lowest BCUT2D eigenvalue weighted by Gasteiger charge is -2.15. The lowest BCUT2D eigenvalue weighted by Crippen LogP contribution is -2.38. The van der Waals surface area contributed by atoms with E-state index < -0.39 is 12.0 Å². The van der Waals surface area contributed by atoms with Crippen molar-refractivity contribution in [2.24, 2.45) is 0 Å². The molecule has 3 aromatic rings. The minimum atomic E-state index is -0.858. The van der Waals surface area contributed by atoms with Crippen molar-refractivity contribution in [1.82, 2.24) is 10.5 Å². The van der Waals surface area contributed by atoms with Crippen molar-refractivity contribution in [3.05, 3.63) is 82.7 Å². The quantitative estimate of drug-likeness (QED) is 0.589. The standard InChI is InChI=1S/C22H24N2O4/c1-15-20(16(2)28-24-15)14-27-19-10-8-18(9-11-19)13-23-21(22(25)26)12-17-6-4-3-5-7-17/h3-11,21,23H,12-14H2,1-2H3,(H,25,26)/t21-/m1/s1. The number of nitrogens with one attached hydrogen (secondary N) is 1. The summed E-state index contributed by atoms with van der Waals surface area (Å²) in [5.41, 5.74) is 3.77. The molecule has 1 heterocycles. The molecule has 0 aliphatic carbocycles. The monoisotopic (exact) mass is 380 g/mol. The van der Waals surface area contributed by atoms with Crippen LogP contribution in [-0.2, 0) is 24.4 Å². The molecule has 0 amide bonds. The molecule has 3 rings (SSSR count). The molecule has 6 nitrogen and oxygen atoms in total. The molecule has 146 valence electrons. The Morgan fingerprint density at radius 1 is 1.11 bits per heavy atom. The molecule has 0 fully saturated rings. The maximum absolute atomic E-state index is 11.5. The van der Waals surface area contributed by atoms with E-state index in [-0.39, 0.29) is 0 Å². The first-order chi connectivity index (χ1) is 13.5. The number of aryl methyl sites for hydroxylation is 2. The lowest BCUT2D eigenvalue weighted by atomic mass is 10.1. The second kappa shape index (κ2) is 9.19. The molecule has 0 aliphatic rings. The predicted octanol–water partition coefficient (Wildman–Crippen LogP) is 3.66. The fraction of sp³-hybridized carbons (Fsp3) is 0.273. The van der Waals surface area contributed by atoms with E-state index in [1.807, 2.05) is 68.4 Å². The predicted molar refractivity (Wildman–Crippen MR) is 105 cm³/mol. The molecule has 0 spiro atoms. The van der Waals surface area contributed by atoms with Crippen LogP contribution in [0.3, 0.4) is 0 Å². The molecular formula is C22H24N2O4. The van der Waals surface area contributed by atoms with E-state index in [1.165, 1.54) is 0 Å². The van der Waals surface area contributed by atoms with Gasteiger partial charge in [-0.25, -0.2) is 0 Å². The Bertz CT molecular complexity index is 885. The van der Waals surface area contributed by atoms with E-state index in [0.29, 0.717) is 19.6 Å². The van der Waals surface area contributed by atoms with Crippen LogP contribution < -0.4 is 10.1 Å². The first-order valence-electron chi connectivity index (χ1n) is 9.16. The molecule has 0 unspecified atom stereocenters. The van der Waals surface area contributed by atoms with Gasteiger partial charge in [0, 0.05) is 6.54 Å². The van der Waals surface area contributed by atoms with Crippen LogP contribution in [0.15, 0.2) is 59.1 Å². The molecule has 2 N–H and O–H groups in total. The van der Waals surface area contributed by atoms with Crippen molar-refractivity contribution in [1.29, 1.82) is 0 Å². The van der Waals surface area contributed by atoms with Crippen LogP contribution in [0.5, 0.6) is 5.75 Å². The number of aromatic nitrogens is 1. The zero-order chi connectivity index (χ0) is 19.9. The number of nitrogens with zero attached hydrogens (tertiary/aromatic N) is 1. The van der Waals surface area contributed by atoms with Crippen molar-refractivity contribution < 1.29 is 19.2 Å². The van der Waals surface area contributed by atoms with Gasteiger partial charge in [0.25, 0.3) is 0 Å². The zero-order valence-corrected chi connectivity index (χ0v) is 16.0. The van der Waals surface area contributed by atoms with E-state index in [2.05, 4.69) is 10.5 Å². The highest BCUT2D eigenvalue weighted by Crippen LogP contribution is 2.18. The van der Waals surface area contributed by atoms with Gasteiger partial charge in [0.1, 0.15) is 24.2 Å². The highest BCUT2D eigenvalue weighted by Gasteiger charge is 2.17. The summed E-state index contributed by atoms with van der Waals surface area (Å²) in [7, 11) is 0. The van der Waals surface area contributed by atoms with Gasteiger partial charge in [0.15, 0.2) is 0 Å². The zero-order valence-electron chi connectivity index (χ0n) is 16.0. The number of carboxylic acids is 1. The van der Waals surface area contributed by atoms with Crippen LogP contribution in [0.2, 0.25) is 0 Å². The Hall–Kier alpha value is -3.12.